The molecule has 0 bridgehead atoms. The Morgan fingerprint density at radius 2 is 2.18 bits per heavy atom. The summed E-state index contributed by atoms with van der Waals surface area (Å²) in [5.41, 5.74) is 6.78. The van der Waals surface area contributed by atoms with Crippen molar-refractivity contribution in [3.05, 3.63) is 36.1 Å². The Hall–Kier alpha value is -1.81. The Balaban J connectivity index is 2.24. The van der Waals surface area contributed by atoms with Gasteiger partial charge in [-0.3, -0.25) is 4.79 Å². The van der Waals surface area contributed by atoms with Crippen molar-refractivity contribution in [3.63, 3.8) is 0 Å². The van der Waals surface area contributed by atoms with Gasteiger partial charge in [0.25, 0.3) is 5.91 Å². The number of carbonyl (C=O) groups is 1. The highest BCUT2D eigenvalue weighted by Gasteiger charge is 2.16. The minimum atomic E-state index is -0.0246. The van der Waals surface area contributed by atoms with E-state index < -0.39 is 0 Å². The lowest BCUT2D eigenvalue weighted by atomic mass is 10.1. The van der Waals surface area contributed by atoms with Crippen LogP contribution in [-0.2, 0) is 0 Å². The van der Waals surface area contributed by atoms with Crippen LogP contribution in [0, 0.1) is 0 Å². The maximum atomic E-state index is 12.2. The van der Waals surface area contributed by atoms with Crippen LogP contribution in [0.15, 0.2) is 34.9 Å². The number of benzene rings is 1. The summed E-state index contributed by atoms with van der Waals surface area (Å²) in [6.45, 7) is 1.25. The van der Waals surface area contributed by atoms with Gasteiger partial charge in [-0.1, -0.05) is 18.2 Å². The van der Waals surface area contributed by atoms with Crippen molar-refractivity contribution in [3.8, 4) is 0 Å². The number of amides is 1. The standard InChI is InChI=1S/C13H16N2O2/c1-15(8-4-7-14)13(16)11-9-17-12-6-3-2-5-10(11)12/h2-3,5-6,9H,4,7-8,14H2,1H3. The first kappa shape index (κ1) is 11.7. The lowest BCUT2D eigenvalue weighted by Gasteiger charge is -2.15. The zero-order valence-electron chi connectivity index (χ0n) is 9.85. The monoisotopic (exact) mass is 232 g/mol. The fourth-order valence-corrected chi connectivity index (χ4v) is 1.78. The van der Waals surface area contributed by atoms with E-state index in [9.17, 15) is 4.79 Å². The Bertz CT molecular complexity index is 519. The highest BCUT2D eigenvalue weighted by molar-refractivity contribution is 6.05. The summed E-state index contributed by atoms with van der Waals surface area (Å²) < 4.78 is 5.35. The first-order valence-corrected chi connectivity index (χ1v) is 5.66. The number of nitrogens with two attached hydrogens (primary N) is 1. The van der Waals surface area contributed by atoms with Gasteiger partial charge in [0.05, 0.1) is 5.56 Å². The molecule has 0 spiro atoms. The lowest BCUT2D eigenvalue weighted by Crippen LogP contribution is -2.28. The van der Waals surface area contributed by atoms with Crippen LogP contribution in [0.3, 0.4) is 0 Å². The molecule has 2 N–H and O–H groups in total. The molecule has 90 valence electrons. The molecule has 1 aromatic carbocycles. The molecule has 2 rings (SSSR count). The molecule has 0 aliphatic carbocycles. The fraction of sp³-hybridized carbons (Fsp3) is 0.308. The third kappa shape index (κ3) is 2.31. The van der Waals surface area contributed by atoms with Crippen molar-refractivity contribution >= 4 is 16.9 Å². The summed E-state index contributed by atoms with van der Waals surface area (Å²) >= 11 is 0. The molecule has 1 amide bonds. The molecule has 0 fully saturated rings. The van der Waals surface area contributed by atoms with E-state index in [0.29, 0.717) is 18.7 Å². The zero-order valence-corrected chi connectivity index (χ0v) is 9.85. The molecular formula is C13H16N2O2. The molecule has 0 saturated heterocycles. The fourth-order valence-electron chi connectivity index (χ4n) is 1.78. The van der Waals surface area contributed by atoms with Gasteiger partial charge in [-0.05, 0) is 19.0 Å². The number of carbonyl (C=O) groups excluding carboxylic acids is 1. The van der Waals surface area contributed by atoms with Crippen molar-refractivity contribution in [2.24, 2.45) is 5.73 Å². The van der Waals surface area contributed by atoms with Crippen molar-refractivity contribution in [1.82, 2.24) is 4.90 Å². The number of hydrogen-bond acceptors (Lipinski definition) is 3. The number of nitrogens with zero attached hydrogens (tertiary/aromatic N) is 1. The van der Waals surface area contributed by atoms with E-state index in [2.05, 4.69) is 0 Å². The normalized spacial score (nSPS) is 10.7. The van der Waals surface area contributed by atoms with Crippen LogP contribution in [0.1, 0.15) is 16.8 Å². The van der Waals surface area contributed by atoms with Crippen molar-refractivity contribution in [2.45, 2.75) is 6.42 Å². The third-order valence-electron chi connectivity index (χ3n) is 2.76. The van der Waals surface area contributed by atoms with Crippen LogP contribution in [0.4, 0.5) is 0 Å². The third-order valence-corrected chi connectivity index (χ3v) is 2.76. The van der Waals surface area contributed by atoms with Gasteiger partial charge < -0.3 is 15.1 Å². The first-order valence-electron chi connectivity index (χ1n) is 5.66. The summed E-state index contributed by atoms with van der Waals surface area (Å²) in [6, 6.07) is 7.53. The van der Waals surface area contributed by atoms with Gasteiger partial charge in [0.1, 0.15) is 11.8 Å². The predicted octanol–water partition coefficient (Wildman–Crippen LogP) is 1.85. The molecule has 0 aliphatic heterocycles. The summed E-state index contributed by atoms with van der Waals surface area (Å²) in [5.74, 6) is -0.0246. The summed E-state index contributed by atoms with van der Waals surface area (Å²) in [5, 5.41) is 0.858. The van der Waals surface area contributed by atoms with Crippen LogP contribution in [0.5, 0.6) is 0 Å². The molecule has 0 saturated carbocycles. The van der Waals surface area contributed by atoms with Crippen LogP contribution < -0.4 is 5.73 Å². The van der Waals surface area contributed by atoms with E-state index >= 15 is 0 Å². The van der Waals surface area contributed by atoms with E-state index in [1.807, 2.05) is 24.3 Å². The summed E-state index contributed by atoms with van der Waals surface area (Å²) in [7, 11) is 1.78. The van der Waals surface area contributed by atoms with E-state index in [4.69, 9.17) is 10.2 Å². The van der Waals surface area contributed by atoms with Gasteiger partial charge in [-0.25, -0.2) is 0 Å². The molecule has 4 heteroatoms. The van der Waals surface area contributed by atoms with E-state index in [1.54, 1.807) is 11.9 Å². The molecule has 1 aromatic heterocycles. The highest BCUT2D eigenvalue weighted by Crippen LogP contribution is 2.21. The van der Waals surface area contributed by atoms with Crippen molar-refractivity contribution in [2.75, 3.05) is 20.1 Å². The maximum Gasteiger partial charge on any atom is 0.257 e. The zero-order chi connectivity index (χ0) is 12.3. The lowest BCUT2D eigenvalue weighted by molar-refractivity contribution is 0.0795. The van der Waals surface area contributed by atoms with Crippen LogP contribution in [-0.4, -0.2) is 30.9 Å². The molecule has 17 heavy (non-hydrogen) atoms. The van der Waals surface area contributed by atoms with Crippen molar-refractivity contribution in [1.29, 1.82) is 0 Å². The molecule has 0 unspecified atom stereocenters. The minimum absolute atomic E-state index is 0.0246. The Labute approximate surface area is 100.0 Å². The van der Waals surface area contributed by atoms with Gasteiger partial charge in [0.15, 0.2) is 0 Å². The Kier molecular flexibility index (Phi) is 3.44. The van der Waals surface area contributed by atoms with E-state index in [0.717, 1.165) is 17.4 Å². The number of hydrogen-bond donors (Lipinski definition) is 1. The summed E-state index contributed by atoms with van der Waals surface area (Å²) in [4.78, 5) is 13.8. The quantitative estimate of drug-likeness (QED) is 0.875. The second-order valence-electron chi connectivity index (χ2n) is 4.01. The minimum Gasteiger partial charge on any atom is -0.463 e. The van der Waals surface area contributed by atoms with Crippen LogP contribution in [0.2, 0.25) is 0 Å². The van der Waals surface area contributed by atoms with Gasteiger partial charge in [-0.2, -0.15) is 0 Å². The Morgan fingerprint density at radius 1 is 1.41 bits per heavy atom. The Morgan fingerprint density at radius 3 is 2.94 bits per heavy atom. The van der Waals surface area contributed by atoms with Gasteiger partial charge in [0.2, 0.25) is 0 Å². The average molecular weight is 232 g/mol. The topological polar surface area (TPSA) is 59.5 Å². The van der Waals surface area contributed by atoms with Crippen LogP contribution in [0.25, 0.3) is 11.0 Å². The van der Waals surface area contributed by atoms with Gasteiger partial charge >= 0.3 is 0 Å². The molecule has 1 heterocycles. The second kappa shape index (κ2) is 5.01. The molecule has 0 atom stereocenters. The SMILES string of the molecule is CN(CCCN)C(=O)c1coc2ccccc12. The second-order valence-corrected chi connectivity index (χ2v) is 4.01. The first-order chi connectivity index (χ1) is 8.24. The van der Waals surface area contributed by atoms with Crippen LogP contribution >= 0.6 is 0 Å². The average Bonchev–Trinajstić information content (AvgIpc) is 2.78. The largest absolute Gasteiger partial charge is 0.463 e. The number of rotatable bonds is 4. The summed E-state index contributed by atoms with van der Waals surface area (Å²) in [6.07, 6.45) is 2.32. The van der Waals surface area contributed by atoms with Gasteiger partial charge in [-0.15, -0.1) is 0 Å². The van der Waals surface area contributed by atoms with Gasteiger partial charge in [0, 0.05) is 19.0 Å². The molecule has 2 aromatic rings. The molecule has 0 radical (unpaired) electrons. The predicted molar refractivity (Wildman–Crippen MR) is 66.8 cm³/mol. The number of furan rings is 1. The maximum absolute atomic E-state index is 12.2. The van der Waals surface area contributed by atoms with E-state index in [-0.39, 0.29) is 5.91 Å². The van der Waals surface area contributed by atoms with E-state index in [1.165, 1.54) is 6.26 Å². The molecule has 0 aliphatic rings. The highest BCUT2D eigenvalue weighted by atomic mass is 16.3. The number of fused-ring (bicyclic) bond motifs is 1. The molecular weight excluding hydrogens is 216 g/mol. The molecule has 4 nitrogen and oxygen atoms in total. The smallest absolute Gasteiger partial charge is 0.257 e. The van der Waals surface area contributed by atoms with Crippen molar-refractivity contribution < 1.29 is 9.21 Å². The number of para-hydroxylation sites is 1.